The van der Waals surface area contributed by atoms with Crippen molar-refractivity contribution in [2.24, 2.45) is 4.99 Å². The molecule has 2 heterocycles. The van der Waals surface area contributed by atoms with Gasteiger partial charge in [-0.1, -0.05) is 34.1 Å². The van der Waals surface area contributed by atoms with Crippen LogP contribution in [0.4, 0.5) is 0 Å². The maximum atomic E-state index is 11.8. The van der Waals surface area contributed by atoms with E-state index in [0.717, 1.165) is 10.0 Å². The Kier molecular flexibility index (Phi) is 3.43. The third-order valence-electron chi connectivity index (χ3n) is 2.68. The number of pyridine rings is 1. The zero-order valence-electron chi connectivity index (χ0n) is 10.3. The fourth-order valence-electron chi connectivity index (χ4n) is 1.72. The van der Waals surface area contributed by atoms with Gasteiger partial charge < -0.3 is 4.74 Å². The van der Waals surface area contributed by atoms with Crippen molar-refractivity contribution in [3.8, 4) is 0 Å². The van der Waals surface area contributed by atoms with Crippen molar-refractivity contribution >= 4 is 33.9 Å². The van der Waals surface area contributed by atoms with Crippen molar-refractivity contribution in [3.63, 3.8) is 0 Å². The summed E-state index contributed by atoms with van der Waals surface area (Å²) in [7, 11) is 0. The van der Waals surface area contributed by atoms with Gasteiger partial charge >= 0.3 is 5.97 Å². The Balaban J connectivity index is 1.92. The van der Waals surface area contributed by atoms with Gasteiger partial charge in [0.2, 0.25) is 5.90 Å². The maximum Gasteiger partial charge on any atom is 0.363 e. The highest BCUT2D eigenvalue weighted by Gasteiger charge is 2.24. The lowest BCUT2D eigenvalue weighted by Crippen LogP contribution is -2.06. The van der Waals surface area contributed by atoms with E-state index < -0.39 is 5.97 Å². The van der Waals surface area contributed by atoms with Gasteiger partial charge in [0.05, 0.1) is 0 Å². The standard InChI is InChI=1S/C15H9BrN2O2/c16-11-6-4-10(5-7-11)9-13-15(19)20-14(18-13)12-3-1-2-8-17-12/h1-9H/b13-9+. The SMILES string of the molecule is O=C1OC(c2ccccn2)=N/C1=C/c1ccc(Br)cc1. The van der Waals surface area contributed by atoms with Crippen molar-refractivity contribution < 1.29 is 9.53 Å². The summed E-state index contributed by atoms with van der Waals surface area (Å²) in [5.74, 6) is -0.229. The Labute approximate surface area is 124 Å². The molecule has 4 nitrogen and oxygen atoms in total. The average Bonchev–Trinajstić information content (AvgIpc) is 2.84. The minimum atomic E-state index is -0.464. The topological polar surface area (TPSA) is 51.5 Å². The molecule has 0 saturated heterocycles. The fourth-order valence-corrected chi connectivity index (χ4v) is 1.99. The van der Waals surface area contributed by atoms with Crippen LogP contribution >= 0.6 is 15.9 Å². The van der Waals surface area contributed by atoms with Gasteiger partial charge in [0, 0.05) is 10.7 Å². The molecule has 0 N–H and O–H groups in total. The highest BCUT2D eigenvalue weighted by Crippen LogP contribution is 2.19. The molecule has 5 heteroatoms. The summed E-state index contributed by atoms with van der Waals surface area (Å²) in [6.45, 7) is 0. The number of carbonyl (C=O) groups is 1. The maximum absolute atomic E-state index is 11.8. The first-order valence-electron chi connectivity index (χ1n) is 5.92. The van der Waals surface area contributed by atoms with Gasteiger partial charge in [-0.15, -0.1) is 0 Å². The van der Waals surface area contributed by atoms with E-state index in [-0.39, 0.29) is 11.6 Å². The Morgan fingerprint density at radius 3 is 2.60 bits per heavy atom. The monoisotopic (exact) mass is 328 g/mol. The number of cyclic esters (lactones) is 1. The Morgan fingerprint density at radius 2 is 1.90 bits per heavy atom. The van der Waals surface area contributed by atoms with Crippen LogP contribution in [0.15, 0.2) is 63.8 Å². The second-order valence-electron chi connectivity index (χ2n) is 4.10. The number of aromatic nitrogens is 1. The van der Waals surface area contributed by atoms with Crippen molar-refractivity contribution in [2.45, 2.75) is 0 Å². The van der Waals surface area contributed by atoms with E-state index in [1.54, 1.807) is 24.4 Å². The lowest BCUT2D eigenvalue weighted by atomic mass is 10.2. The summed E-state index contributed by atoms with van der Waals surface area (Å²) in [6, 6.07) is 12.9. The smallest absolute Gasteiger partial charge is 0.363 e. The highest BCUT2D eigenvalue weighted by atomic mass is 79.9. The molecule has 0 atom stereocenters. The summed E-state index contributed by atoms with van der Waals surface area (Å²) < 4.78 is 6.11. The van der Waals surface area contributed by atoms with Gasteiger partial charge in [0.1, 0.15) is 5.69 Å². The second-order valence-corrected chi connectivity index (χ2v) is 5.02. The molecular weight excluding hydrogens is 320 g/mol. The lowest BCUT2D eigenvalue weighted by Gasteiger charge is -1.96. The van der Waals surface area contributed by atoms with Crippen LogP contribution in [0.2, 0.25) is 0 Å². The summed E-state index contributed by atoms with van der Waals surface area (Å²) in [5.41, 5.74) is 1.69. The van der Waals surface area contributed by atoms with E-state index in [2.05, 4.69) is 25.9 Å². The van der Waals surface area contributed by atoms with Crippen LogP contribution in [0.25, 0.3) is 6.08 Å². The fraction of sp³-hybridized carbons (Fsp3) is 0. The van der Waals surface area contributed by atoms with E-state index in [1.165, 1.54) is 0 Å². The van der Waals surface area contributed by atoms with Gasteiger partial charge in [-0.2, -0.15) is 0 Å². The molecule has 1 aromatic heterocycles. The van der Waals surface area contributed by atoms with Gasteiger partial charge in [-0.3, -0.25) is 4.98 Å². The molecule has 0 amide bonds. The third-order valence-corrected chi connectivity index (χ3v) is 3.21. The lowest BCUT2D eigenvalue weighted by molar-refractivity contribution is -0.129. The molecule has 98 valence electrons. The molecule has 0 saturated carbocycles. The molecule has 1 aromatic carbocycles. The predicted octanol–water partition coefficient (Wildman–Crippen LogP) is 3.19. The van der Waals surface area contributed by atoms with Crippen LogP contribution in [0, 0.1) is 0 Å². The molecule has 1 aliphatic rings. The number of hydrogen-bond donors (Lipinski definition) is 0. The van der Waals surface area contributed by atoms with Gasteiger partial charge in [0.15, 0.2) is 5.70 Å². The number of nitrogens with zero attached hydrogens (tertiary/aromatic N) is 2. The van der Waals surface area contributed by atoms with Crippen molar-refractivity contribution in [1.82, 2.24) is 4.98 Å². The Bertz CT molecular complexity index is 706. The number of aliphatic imine (C=N–C) groups is 1. The molecule has 0 fully saturated rings. The van der Waals surface area contributed by atoms with E-state index in [4.69, 9.17) is 4.74 Å². The molecule has 1 aliphatic heterocycles. The molecule has 0 aliphatic carbocycles. The van der Waals surface area contributed by atoms with Crippen molar-refractivity contribution in [2.75, 3.05) is 0 Å². The number of hydrogen-bond acceptors (Lipinski definition) is 4. The Morgan fingerprint density at radius 1 is 1.10 bits per heavy atom. The second kappa shape index (κ2) is 5.38. The largest absolute Gasteiger partial charge is 0.400 e. The van der Waals surface area contributed by atoms with E-state index >= 15 is 0 Å². The molecule has 3 rings (SSSR count). The molecule has 0 radical (unpaired) electrons. The molecular formula is C15H9BrN2O2. The normalized spacial score (nSPS) is 16.1. The minimum Gasteiger partial charge on any atom is -0.400 e. The van der Waals surface area contributed by atoms with Crippen LogP contribution in [0.1, 0.15) is 11.3 Å². The summed E-state index contributed by atoms with van der Waals surface area (Å²) >= 11 is 3.36. The number of rotatable bonds is 2. The number of halogens is 1. The first-order chi connectivity index (χ1) is 9.72. The van der Waals surface area contributed by atoms with Gasteiger partial charge in [-0.05, 0) is 35.9 Å². The van der Waals surface area contributed by atoms with E-state index in [9.17, 15) is 4.79 Å². The minimum absolute atomic E-state index is 0.235. The molecule has 20 heavy (non-hydrogen) atoms. The van der Waals surface area contributed by atoms with Gasteiger partial charge in [-0.25, -0.2) is 9.79 Å². The van der Waals surface area contributed by atoms with Crippen LogP contribution in [-0.4, -0.2) is 16.9 Å². The molecule has 0 unspecified atom stereocenters. The first-order valence-corrected chi connectivity index (χ1v) is 6.71. The average molecular weight is 329 g/mol. The Hall–Kier alpha value is -2.27. The van der Waals surface area contributed by atoms with E-state index in [0.29, 0.717) is 5.69 Å². The number of benzene rings is 1. The van der Waals surface area contributed by atoms with Crippen LogP contribution in [0.5, 0.6) is 0 Å². The number of esters is 1. The summed E-state index contributed by atoms with van der Waals surface area (Å²) in [5, 5.41) is 0. The molecule has 2 aromatic rings. The zero-order valence-corrected chi connectivity index (χ0v) is 11.9. The zero-order chi connectivity index (χ0) is 13.9. The van der Waals surface area contributed by atoms with Gasteiger partial charge in [0.25, 0.3) is 0 Å². The van der Waals surface area contributed by atoms with Crippen LogP contribution in [0.3, 0.4) is 0 Å². The quantitative estimate of drug-likeness (QED) is 0.628. The van der Waals surface area contributed by atoms with Crippen molar-refractivity contribution in [1.29, 1.82) is 0 Å². The van der Waals surface area contributed by atoms with Crippen LogP contribution in [-0.2, 0) is 9.53 Å². The molecule has 0 bridgehead atoms. The molecule has 0 spiro atoms. The number of ether oxygens (including phenoxy) is 1. The number of carbonyl (C=O) groups excluding carboxylic acids is 1. The van der Waals surface area contributed by atoms with Crippen LogP contribution < -0.4 is 0 Å². The van der Waals surface area contributed by atoms with E-state index in [1.807, 2.05) is 30.3 Å². The predicted molar refractivity (Wildman–Crippen MR) is 79.0 cm³/mol. The van der Waals surface area contributed by atoms with Crippen molar-refractivity contribution in [3.05, 3.63) is 70.1 Å². The first kappa shape index (κ1) is 12.7. The summed E-state index contributed by atoms with van der Waals surface area (Å²) in [4.78, 5) is 20.1. The summed E-state index contributed by atoms with van der Waals surface area (Å²) in [6.07, 6.45) is 3.31. The third kappa shape index (κ3) is 2.67. The highest BCUT2D eigenvalue weighted by molar-refractivity contribution is 9.10.